The van der Waals surface area contributed by atoms with Crippen LogP contribution in [0.5, 0.6) is 0 Å². The Kier molecular flexibility index (Phi) is 3.69. The van der Waals surface area contributed by atoms with Crippen molar-refractivity contribution in [2.75, 3.05) is 0 Å². The minimum atomic E-state index is -0.969. The second kappa shape index (κ2) is 5.09. The summed E-state index contributed by atoms with van der Waals surface area (Å²) in [6.45, 7) is 3.80. The predicted octanol–water partition coefficient (Wildman–Crippen LogP) is 4.18. The highest BCUT2D eigenvalue weighted by molar-refractivity contribution is 6.30. The lowest BCUT2D eigenvalue weighted by Crippen LogP contribution is -2.06. The molecule has 0 radical (unpaired) electrons. The largest absolute Gasteiger partial charge is 0.384 e. The molecule has 0 amide bonds. The van der Waals surface area contributed by atoms with Crippen molar-refractivity contribution in [3.63, 3.8) is 0 Å². The average molecular weight is 265 g/mol. The van der Waals surface area contributed by atoms with Gasteiger partial charge in [0.1, 0.15) is 11.9 Å². The van der Waals surface area contributed by atoms with E-state index in [1.54, 1.807) is 6.07 Å². The molecule has 94 valence electrons. The number of hydrogen-bond acceptors (Lipinski definition) is 1. The second-order valence-electron chi connectivity index (χ2n) is 4.37. The Hall–Kier alpha value is -1.38. The Balaban J connectivity index is 2.51. The topological polar surface area (TPSA) is 20.2 Å². The molecule has 0 aromatic heterocycles. The molecule has 0 fully saturated rings. The van der Waals surface area contributed by atoms with E-state index in [2.05, 4.69) is 0 Å². The maximum Gasteiger partial charge on any atom is 0.130 e. The summed E-state index contributed by atoms with van der Waals surface area (Å²) in [7, 11) is 0. The van der Waals surface area contributed by atoms with Crippen molar-refractivity contribution in [3.05, 3.63) is 69.5 Å². The fraction of sp³-hybridized carbons (Fsp3) is 0.200. The summed E-state index contributed by atoms with van der Waals surface area (Å²) < 4.78 is 13.8. The SMILES string of the molecule is Cc1cccc(C)c1C(O)c1ccc(Cl)cc1F. The summed E-state index contributed by atoms with van der Waals surface area (Å²) in [4.78, 5) is 0. The third-order valence-electron chi connectivity index (χ3n) is 3.07. The number of aryl methyl sites for hydroxylation is 2. The average Bonchev–Trinajstić information content (AvgIpc) is 2.28. The molecular formula is C15H14ClFO. The van der Waals surface area contributed by atoms with E-state index in [0.29, 0.717) is 5.02 Å². The van der Waals surface area contributed by atoms with E-state index in [-0.39, 0.29) is 5.56 Å². The van der Waals surface area contributed by atoms with Crippen molar-refractivity contribution in [2.45, 2.75) is 20.0 Å². The normalized spacial score (nSPS) is 12.5. The quantitative estimate of drug-likeness (QED) is 0.863. The van der Waals surface area contributed by atoms with Gasteiger partial charge in [-0.05, 0) is 42.7 Å². The van der Waals surface area contributed by atoms with Crippen LogP contribution in [-0.2, 0) is 0 Å². The third-order valence-corrected chi connectivity index (χ3v) is 3.31. The van der Waals surface area contributed by atoms with Crippen molar-refractivity contribution >= 4 is 11.6 Å². The minimum Gasteiger partial charge on any atom is -0.384 e. The van der Waals surface area contributed by atoms with Gasteiger partial charge in [-0.3, -0.25) is 0 Å². The summed E-state index contributed by atoms with van der Waals surface area (Å²) in [6.07, 6.45) is -0.969. The first-order valence-corrected chi connectivity index (χ1v) is 6.07. The Morgan fingerprint density at radius 1 is 1.11 bits per heavy atom. The maximum atomic E-state index is 13.8. The summed E-state index contributed by atoms with van der Waals surface area (Å²) in [5.74, 6) is -0.488. The second-order valence-corrected chi connectivity index (χ2v) is 4.81. The highest BCUT2D eigenvalue weighted by atomic mass is 35.5. The lowest BCUT2D eigenvalue weighted by molar-refractivity contribution is 0.213. The van der Waals surface area contributed by atoms with Gasteiger partial charge in [0.25, 0.3) is 0 Å². The van der Waals surface area contributed by atoms with Crippen LogP contribution in [0.25, 0.3) is 0 Å². The third kappa shape index (κ3) is 2.40. The fourth-order valence-electron chi connectivity index (χ4n) is 2.14. The molecule has 0 saturated carbocycles. The molecule has 1 nitrogen and oxygen atoms in total. The van der Waals surface area contributed by atoms with Gasteiger partial charge in [0.15, 0.2) is 0 Å². The van der Waals surface area contributed by atoms with Crippen LogP contribution in [0, 0.1) is 19.7 Å². The lowest BCUT2D eigenvalue weighted by Gasteiger charge is -2.17. The van der Waals surface area contributed by atoms with Crippen LogP contribution in [0.2, 0.25) is 5.02 Å². The molecular weight excluding hydrogens is 251 g/mol. The zero-order chi connectivity index (χ0) is 13.3. The first-order chi connectivity index (χ1) is 8.50. The molecule has 0 spiro atoms. The van der Waals surface area contributed by atoms with Crippen LogP contribution in [0.4, 0.5) is 4.39 Å². The molecule has 1 atom stereocenters. The molecule has 0 saturated heterocycles. The molecule has 1 unspecified atom stereocenters. The molecule has 0 heterocycles. The van der Waals surface area contributed by atoms with E-state index >= 15 is 0 Å². The van der Waals surface area contributed by atoms with Gasteiger partial charge < -0.3 is 5.11 Å². The van der Waals surface area contributed by atoms with Crippen molar-refractivity contribution in [3.8, 4) is 0 Å². The minimum absolute atomic E-state index is 0.247. The molecule has 3 heteroatoms. The smallest absolute Gasteiger partial charge is 0.130 e. The Morgan fingerprint density at radius 2 is 1.72 bits per heavy atom. The first-order valence-electron chi connectivity index (χ1n) is 5.70. The number of rotatable bonds is 2. The summed E-state index contributed by atoms with van der Waals surface area (Å²) in [5.41, 5.74) is 2.88. The summed E-state index contributed by atoms with van der Waals surface area (Å²) >= 11 is 5.71. The van der Waals surface area contributed by atoms with E-state index in [0.717, 1.165) is 16.7 Å². The Bertz CT molecular complexity index is 560. The fourth-order valence-corrected chi connectivity index (χ4v) is 2.30. The highest BCUT2D eigenvalue weighted by Crippen LogP contribution is 2.30. The first kappa shape index (κ1) is 13.1. The van der Waals surface area contributed by atoms with Crippen molar-refractivity contribution < 1.29 is 9.50 Å². The molecule has 2 rings (SSSR count). The summed E-state index contributed by atoms with van der Waals surface area (Å²) in [6, 6.07) is 10.0. The maximum absolute atomic E-state index is 13.8. The zero-order valence-corrected chi connectivity index (χ0v) is 11.0. The molecule has 1 N–H and O–H groups in total. The summed E-state index contributed by atoms with van der Waals surface area (Å²) in [5, 5.41) is 10.7. The number of aliphatic hydroxyl groups excluding tert-OH is 1. The van der Waals surface area contributed by atoms with E-state index in [1.165, 1.54) is 12.1 Å². The Labute approximate surface area is 111 Å². The van der Waals surface area contributed by atoms with Gasteiger partial charge in [0, 0.05) is 10.6 Å². The van der Waals surface area contributed by atoms with Gasteiger partial charge in [0.2, 0.25) is 0 Å². The Morgan fingerprint density at radius 3 is 2.28 bits per heavy atom. The van der Waals surface area contributed by atoms with Gasteiger partial charge in [-0.1, -0.05) is 35.9 Å². The molecule has 0 aliphatic rings. The van der Waals surface area contributed by atoms with Crippen molar-refractivity contribution in [1.29, 1.82) is 0 Å². The van der Waals surface area contributed by atoms with E-state index in [1.807, 2.05) is 32.0 Å². The van der Waals surface area contributed by atoms with Gasteiger partial charge in [-0.15, -0.1) is 0 Å². The number of halogens is 2. The number of hydrogen-bond donors (Lipinski definition) is 1. The van der Waals surface area contributed by atoms with Crippen molar-refractivity contribution in [2.24, 2.45) is 0 Å². The van der Waals surface area contributed by atoms with Crippen LogP contribution >= 0.6 is 11.6 Å². The molecule has 0 bridgehead atoms. The molecule has 2 aromatic carbocycles. The molecule has 2 aromatic rings. The molecule has 18 heavy (non-hydrogen) atoms. The van der Waals surface area contributed by atoms with Crippen LogP contribution in [-0.4, -0.2) is 5.11 Å². The van der Waals surface area contributed by atoms with Crippen LogP contribution in [0.3, 0.4) is 0 Å². The van der Waals surface area contributed by atoms with E-state index in [4.69, 9.17) is 11.6 Å². The lowest BCUT2D eigenvalue weighted by atomic mass is 9.93. The number of benzene rings is 2. The van der Waals surface area contributed by atoms with E-state index in [9.17, 15) is 9.50 Å². The number of aliphatic hydroxyl groups is 1. The van der Waals surface area contributed by atoms with Crippen molar-refractivity contribution in [1.82, 2.24) is 0 Å². The van der Waals surface area contributed by atoms with Gasteiger partial charge in [-0.2, -0.15) is 0 Å². The van der Waals surface area contributed by atoms with Crippen LogP contribution in [0.1, 0.15) is 28.4 Å². The van der Waals surface area contributed by atoms with Crippen LogP contribution < -0.4 is 0 Å². The van der Waals surface area contributed by atoms with Crippen LogP contribution in [0.15, 0.2) is 36.4 Å². The molecule has 0 aliphatic heterocycles. The van der Waals surface area contributed by atoms with Gasteiger partial charge in [-0.25, -0.2) is 4.39 Å². The predicted molar refractivity (Wildman–Crippen MR) is 71.4 cm³/mol. The highest BCUT2D eigenvalue weighted by Gasteiger charge is 2.18. The molecule has 0 aliphatic carbocycles. The zero-order valence-electron chi connectivity index (χ0n) is 10.2. The van der Waals surface area contributed by atoms with Gasteiger partial charge in [0.05, 0.1) is 0 Å². The monoisotopic (exact) mass is 264 g/mol. The van der Waals surface area contributed by atoms with E-state index < -0.39 is 11.9 Å². The van der Waals surface area contributed by atoms with Gasteiger partial charge >= 0.3 is 0 Å². The standard InChI is InChI=1S/C15H14ClFO/c1-9-4-3-5-10(2)14(9)15(18)12-7-6-11(16)8-13(12)17/h3-8,15,18H,1-2H3.